The third-order valence-electron chi connectivity index (χ3n) is 5.04. The SMILES string of the molecule is CC(C)C[C@@H](c1ccc(N2CCCC2)cc1)N1CCNCC1. The van der Waals surface area contributed by atoms with E-state index in [2.05, 4.69) is 53.2 Å². The fraction of sp³-hybridized carbons (Fsp3) is 0.684. The van der Waals surface area contributed by atoms with Gasteiger partial charge in [-0.25, -0.2) is 0 Å². The number of hydrogen-bond donors (Lipinski definition) is 1. The smallest absolute Gasteiger partial charge is 0.0366 e. The van der Waals surface area contributed by atoms with Crippen molar-refractivity contribution in [2.75, 3.05) is 44.2 Å². The van der Waals surface area contributed by atoms with Crippen molar-refractivity contribution in [2.24, 2.45) is 5.92 Å². The molecule has 0 saturated carbocycles. The molecule has 1 N–H and O–H groups in total. The molecule has 1 aromatic carbocycles. The van der Waals surface area contributed by atoms with Crippen molar-refractivity contribution in [3.05, 3.63) is 29.8 Å². The van der Waals surface area contributed by atoms with Crippen LogP contribution in [0.15, 0.2) is 24.3 Å². The maximum atomic E-state index is 3.47. The second-order valence-corrected chi connectivity index (χ2v) is 7.22. The number of anilines is 1. The molecule has 0 unspecified atom stereocenters. The van der Waals surface area contributed by atoms with Gasteiger partial charge in [0, 0.05) is 51.0 Å². The van der Waals surface area contributed by atoms with Gasteiger partial charge in [-0.15, -0.1) is 0 Å². The third kappa shape index (κ3) is 3.82. The van der Waals surface area contributed by atoms with E-state index in [1.165, 1.54) is 56.7 Å². The van der Waals surface area contributed by atoms with Crippen molar-refractivity contribution >= 4 is 5.69 Å². The Morgan fingerprint density at radius 1 is 0.955 bits per heavy atom. The van der Waals surface area contributed by atoms with Gasteiger partial charge in [-0.3, -0.25) is 4.90 Å². The Morgan fingerprint density at radius 2 is 1.59 bits per heavy atom. The molecule has 0 aliphatic carbocycles. The molecule has 2 saturated heterocycles. The highest BCUT2D eigenvalue weighted by atomic mass is 15.2. The van der Waals surface area contributed by atoms with Gasteiger partial charge in [0.2, 0.25) is 0 Å². The molecule has 22 heavy (non-hydrogen) atoms. The molecule has 2 heterocycles. The van der Waals surface area contributed by atoms with E-state index in [9.17, 15) is 0 Å². The first kappa shape index (κ1) is 15.8. The van der Waals surface area contributed by atoms with E-state index in [4.69, 9.17) is 0 Å². The van der Waals surface area contributed by atoms with Crippen LogP contribution in [0.1, 0.15) is 44.7 Å². The molecule has 0 spiro atoms. The molecule has 0 amide bonds. The van der Waals surface area contributed by atoms with E-state index in [-0.39, 0.29) is 0 Å². The standard InChI is InChI=1S/C19H31N3/c1-16(2)15-19(22-13-9-20-10-14-22)17-5-7-18(8-6-17)21-11-3-4-12-21/h5-8,16,19-20H,3-4,9-15H2,1-2H3/t19-/m0/s1. The van der Waals surface area contributed by atoms with E-state index in [0.717, 1.165) is 19.0 Å². The van der Waals surface area contributed by atoms with Crippen LogP contribution in [0.4, 0.5) is 5.69 Å². The first-order valence-corrected chi connectivity index (χ1v) is 9.04. The molecule has 2 aliphatic heterocycles. The van der Waals surface area contributed by atoms with E-state index < -0.39 is 0 Å². The van der Waals surface area contributed by atoms with Gasteiger partial charge in [0.1, 0.15) is 0 Å². The molecule has 2 aliphatic rings. The average molecular weight is 301 g/mol. The molecule has 0 aromatic heterocycles. The van der Waals surface area contributed by atoms with Crippen LogP contribution in [0.5, 0.6) is 0 Å². The van der Waals surface area contributed by atoms with Crippen LogP contribution in [0, 0.1) is 5.92 Å². The Kier molecular flexibility index (Phi) is 5.37. The lowest BCUT2D eigenvalue weighted by Crippen LogP contribution is -2.45. The van der Waals surface area contributed by atoms with Crippen molar-refractivity contribution in [1.29, 1.82) is 0 Å². The minimum absolute atomic E-state index is 0.578. The predicted octanol–water partition coefficient (Wildman–Crippen LogP) is 3.28. The molecule has 0 radical (unpaired) electrons. The summed E-state index contributed by atoms with van der Waals surface area (Å²) in [4.78, 5) is 5.19. The fourth-order valence-electron chi connectivity index (χ4n) is 3.82. The zero-order valence-corrected chi connectivity index (χ0v) is 14.2. The number of rotatable bonds is 5. The zero-order chi connectivity index (χ0) is 15.4. The van der Waals surface area contributed by atoms with Gasteiger partial charge < -0.3 is 10.2 Å². The Balaban J connectivity index is 1.74. The molecule has 122 valence electrons. The Morgan fingerprint density at radius 3 is 2.18 bits per heavy atom. The molecule has 3 heteroatoms. The number of nitrogens with one attached hydrogen (secondary N) is 1. The lowest BCUT2D eigenvalue weighted by molar-refractivity contribution is 0.154. The van der Waals surface area contributed by atoms with Crippen molar-refractivity contribution in [3.8, 4) is 0 Å². The lowest BCUT2D eigenvalue weighted by atomic mass is 9.95. The van der Waals surface area contributed by atoms with Gasteiger partial charge >= 0.3 is 0 Å². The van der Waals surface area contributed by atoms with Crippen LogP contribution in [0.2, 0.25) is 0 Å². The number of benzene rings is 1. The zero-order valence-electron chi connectivity index (χ0n) is 14.2. The summed E-state index contributed by atoms with van der Waals surface area (Å²) < 4.78 is 0. The highest BCUT2D eigenvalue weighted by Gasteiger charge is 2.23. The van der Waals surface area contributed by atoms with Crippen LogP contribution >= 0.6 is 0 Å². The Hall–Kier alpha value is -1.06. The quantitative estimate of drug-likeness (QED) is 0.900. The lowest BCUT2D eigenvalue weighted by Gasteiger charge is -2.36. The summed E-state index contributed by atoms with van der Waals surface area (Å²) in [5.41, 5.74) is 2.91. The number of hydrogen-bond acceptors (Lipinski definition) is 3. The molecule has 3 rings (SSSR count). The van der Waals surface area contributed by atoms with Crippen molar-refractivity contribution < 1.29 is 0 Å². The van der Waals surface area contributed by atoms with Crippen LogP contribution < -0.4 is 10.2 Å². The Bertz CT molecular complexity index is 442. The predicted molar refractivity (Wildman–Crippen MR) is 94.5 cm³/mol. The molecular weight excluding hydrogens is 270 g/mol. The van der Waals surface area contributed by atoms with E-state index >= 15 is 0 Å². The van der Waals surface area contributed by atoms with Gasteiger partial charge in [0.05, 0.1) is 0 Å². The summed E-state index contributed by atoms with van der Waals surface area (Å²) >= 11 is 0. The van der Waals surface area contributed by atoms with E-state index in [1.54, 1.807) is 0 Å². The van der Waals surface area contributed by atoms with Gasteiger partial charge in [-0.05, 0) is 42.9 Å². The summed E-state index contributed by atoms with van der Waals surface area (Å²) in [5.74, 6) is 0.734. The maximum Gasteiger partial charge on any atom is 0.0366 e. The topological polar surface area (TPSA) is 18.5 Å². The van der Waals surface area contributed by atoms with Crippen LogP contribution in [-0.2, 0) is 0 Å². The van der Waals surface area contributed by atoms with Gasteiger partial charge in [0.15, 0.2) is 0 Å². The summed E-state index contributed by atoms with van der Waals surface area (Å²) in [5, 5.41) is 3.47. The van der Waals surface area contributed by atoms with E-state index in [0.29, 0.717) is 6.04 Å². The van der Waals surface area contributed by atoms with Gasteiger partial charge in [-0.1, -0.05) is 26.0 Å². The molecule has 2 fully saturated rings. The van der Waals surface area contributed by atoms with Crippen LogP contribution in [-0.4, -0.2) is 44.2 Å². The monoisotopic (exact) mass is 301 g/mol. The summed E-state index contributed by atoms with van der Waals surface area (Å²) in [6.45, 7) is 11.7. The highest BCUT2D eigenvalue weighted by molar-refractivity contribution is 5.48. The largest absolute Gasteiger partial charge is 0.372 e. The molecule has 1 atom stereocenters. The minimum Gasteiger partial charge on any atom is -0.372 e. The van der Waals surface area contributed by atoms with Crippen LogP contribution in [0.3, 0.4) is 0 Å². The summed E-state index contributed by atoms with van der Waals surface area (Å²) in [7, 11) is 0. The maximum absolute atomic E-state index is 3.47. The highest BCUT2D eigenvalue weighted by Crippen LogP contribution is 2.30. The second-order valence-electron chi connectivity index (χ2n) is 7.22. The van der Waals surface area contributed by atoms with E-state index in [1.807, 2.05) is 0 Å². The van der Waals surface area contributed by atoms with Crippen LogP contribution in [0.25, 0.3) is 0 Å². The molecule has 0 bridgehead atoms. The minimum atomic E-state index is 0.578. The summed E-state index contributed by atoms with van der Waals surface area (Å²) in [6, 6.07) is 10.0. The van der Waals surface area contributed by atoms with Gasteiger partial charge in [0.25, 0.3) is 0 Å². The molecular formula is C19H31N3. The fourth-order valence-corrected chi connectivity index (χ4v) is 3.82. The molecule has 1 aromatic rings. The second kappa shape index (κ2) is 7.47. The summed E-state index contributed by atoms with van der Waals surface area (Å²) in [6.07, 6.45) is 3.94. The van der Waals surface area contributed by atoms with Crippen molar-refractivity contribution in [3.63, 3.8) is 0 Å². The number of nitrogens with zero attached hydrogens (tertiary/aromatic N) is 2. The number of piperazine rings is 1. The average Bonchev–Trinajstić information content (AvgIpc) is 3.08. The first-order chi connectivity index (χ1) is 10.7. The van der Waals surface area contributed by atoms with Crippen molar-refractivity contribution in [1.82, 2.24) is 10.2 Å². The van der Waals surface area contributed by atoms with Crippen molar-refractivity contribution in [2.45, 2.75) is 39.2 Å². The molecule has 3 nitrogen and oxygen atoms in total. The third-order valence-corrected chi connectivity index (χ3v) is 5.04. The normalized spacial score (nSPS) is 21.5. The first-order valence-electron chi connectivity index (χ1n) is 9.04. The van der Waals surface area contributed by atoms with Gasteiger partial charge in [-0.2, -0.15) is 0 Å². The Labute approximate surface area is 135 Å².